The van der Waals surface area contributed by atoms with Gasteiger partial charge in [0.1, 0.15) is 11.9 Å². The van der Waals surface area contributed by atoms with Crippen molar-refractivity contribution in [3.05, 3.63) is 81.5 Å². The van der Waals surface area contributed by atoms with E-state index in [9.17, 15) is 9.90 Å². The first-order valence-electron chi connectivity index (χ1n) is 12.2. The van der Waals surface area contributed by atoms with Gasteiger partial charge in [-0.2, -0.15) is 11.3 Å². The van der Waals surface area contributed by atoms with E-state index in [2.05, 4.69) is 10.2 Å². The minimum Gasteiger partial charge on any atom is -0.490 e. The van der Waals surface area contributed by atoms with Gasteiger partial charge < -0.3 is 25.8 Å². The molecule has 2 heterocycles. The Morgan fingerprint density at radius 3 is 2.50 bits per heavy atom. The second-order valence-electron chi connectivity index (χ2n) is 9.92. The van der Waals surface area contributed by atoms with Gasteiger partial charge in [-0.15, -0.1) is 0 Å². The van der Waals surface area contributed by atoms with E-state index in [-0.39, 0.29) is 17.7 Å². The maximum atomic E-state index is 12.6. The van der Waals surface area contributed by atoms with Gasteiger partial charge in [0.15, 0.2) is 0 Å². The lowest BCUT2D eigenvalue weighted by Gasteiger charge is -2.35. The SMILES string of the molecule is CC(C)(O)CN1CCC(Oc2ccc(C(=N)c3cc(C(=O)NCc4ccsc4)ccc3N)cc2)CC1. The summed E-state index contributed by atoms with van der Waals surface area (Å²) in [7, 11) is 0. The third-order valence-corrected chi connectivity index (χ3v) is 6.94. The molecule has 0 radical (unpaired) electrons. The molecule has 190 valence electrons. The highest BCUT2D eigenvalue weighted by Crippen LogP contribution is 2.23. The van der Waals surface area contributed by atoms with Gasteiger partial charge in [0.2, 0.25) is 0 Å². The molecule has 3 aromatic rings. The molecule has 5 N–H and O–H groups in total. The van der Waals surface area contributed by atoms with Crippen molar-refractivity contribution >= 4 is 28.6 Å². The molecule has 1 aliphatic rings. The standard InChI is InChI=1S/C28H34N4O3S/c1-28(2,34)18-32-12-9-23(10-13-32)35-22-6-3-20(4-7-22)26(30)24-15-21(5-8-25(24)29)27(33)31-16-19-11-14-36-17-19/h3-8,11,14-15,17,23,30,34H,9-10,12-13,16,18,29H2,1-2H3,(H,31,33). The number of likely N-dealkylation sites (tertiary alicyclic amines) is 1. The minimum atomic E-state index is -0.690. The van der Waals surface area contributed by atoms with Crippen LogP contribution < -0.4 is 15.8 Å². The van der Waals surface area contributed by atoms with E-state index in [1.807, 2.05) is 54.9 Å². The predicted molar refractivity (Wildman–Crippen MR) is 145 cm³/mol. The first-order valence-corrected chi connectivity index (χ1v) is 13.1. The monoisotopic (exact) mass is 506 g/mol. The minimum absolute atomic E-state index is 0.133. The number of amides is 1. The Balaban J connectivity index is 1.35. The summed E-state index contributed by atoms with van der Waals surface area (Å²) in [6.07, 6.45) is 1.95. The van der Waals surface area contributed by atoms with Gasteiger partial charge in [0.05, 0.1) is 11.3 Å². The Morgan fingerprint density at radius 2 is 1.86 bits per heavy atom. The number of nitrogens with two attached hydrogens (primary N) is 1. The van der Waals surface area contributed by atoms with Crippen molar-refractivity contribution in [3.63, 3.8) is 0 Å². The summed E-state index contributed by atoms with van der Waals surface area (Å²) in [5.41, 5.74) is 8.92. The summed E-state index contributed by atoms with van der Waals surface area (Å²) in [6, 6.07) is 14.5. The number of nitrogens with one attached hydrogen (secondary N) is 2. The number of aliphatic hydroxyl groups is 1. The quantitative estimate of drug-likeness (QED) is 0.256. The maximum absolute atomic E-state index is 12.6. The van der Waals surface area contributed by atoms with Crippen LogP contribution in [0.4, 0.5) is 5.69 Å². The summed E-state index contributed by atoms with van der Waals surface area (Å²) < 4.78 is 6.17. The Kier molecular flexibility index (Phi) is 8.08. The summed E-state index contributed by atoms with van der Waals surface area (Å²) in [6.45, 7) is 6.58. The number of benzene rings is 2. The Labute approximate surface area is 216 Å². The lowest BCUT2D eigenvalue weighted by atomic mass is 9.98. The van der Waals surface area contributed by atoms with E-state index in [0.29, 0.717) is 35.5 Å². The number of nitrogen functional groups attached to an aromatic ring is 1. The predicted octanol–water partition coefficient (Wildman–Crippen LogP) is 4.29. The molecule has 4 rings (SSSR count). The highest BCUT2D eigenvalue weighted by atomic mass is 32.1. The molecule has 0 bridgehead atoms. The Morgan fingerprint density at radius 1 is 1.17 bits per heavy atom. The van der Waals surface area contributed by atoms with Crippen LogP contribution in [0.25, 0.3) is 0 Å². The van der Waals surface area contributed by atoms with Crippen LogP contribution in [-0.4, -0.2) is 53.0 Å². The molecule has 2 aromatic carbocycles. The molecule has 0 saturated carbocycles. The molecular formula is C28H34N4O3S. The summed E-state index contributed by atoms with van der Waals surface area (Å²) in [4.78, 5) is 14.9. The Bertz CT molecular complexity index is 1180. The Hall–Kier alpha value is -3.20. The van der Waals surface area contributed by atoms with E-state index >= 15 is 0 Å². The van der Waals surface area contributed by atoms with Gasteiger partial charge in [-0.3, -0.25) is 10.2 Å². The van der Waals surface area contributed by atoms with E-state index in [4.69, 9.17) is 15.9 Å². The zero-order valence-electron chi connectivity index (χ0n) is 20.8. The van der Waals surface area contributed by atoms with E-state index < -0.39 is 5.60 Å². The van der Waals surface area contributed by atoms with Crippen molar-refractivity contribution in [1.82, 2.24) is 10.2 Å². The number of ether oxygens (including phenoxy) is 1. The second kappa shape index (κ2) is 11.2. The summed E-state index contributed by atoms with van der Waals surface area (Å²) in [5, 5.41) is 25.6. The maximum Gasteiger partial charge on any atom is 0.251 e. The first-order chi connectivity index (χ1) is 17.2. The number of carbonyl (C=O) groups is 1. The fourth-order valence-electron chi connectivity index (χ4n) is 4.37. The van der Waals surface area contributed by atoms with Crippen LogP contribution in [0, 0.1) is 5.41 Å². The van der Waals surface area contributed by atoms with Crippen LogP contribution in [0.2, 0.25) is 0 Å². The van der Waals surface area contributed by atoms with Crippen LogP contribution in [0.5, 0.6) is 5.75 Å². The first kappa shape index (κ1) is 25.9. The van der Waals surface area contributed by atoms with Crippen molar-refractivity contribution in [3.8, 4) is 5.75 Å². The third-order valence-electron chi connectivity index (χ3n) is 6.21. The molecule has 0 spiro atoms. The lowest BCUT2D eigenvalue weighted by molar-refractivity contribution is 0.0140. The highest BCUT2D eigenvalue weighted by Gasteiger charge is 2.25. The largest absolute Gasteiger partial charge is 0.490 e. The summed E-state index contributed by atoms with van der Waals surface area (Å²) in [5.74, 6) is 0.564. The van der Waals surface area contributed by atoms with Gasteiger partial charge in [-0.1, -0.05) is 0 Å². The van der Waals surface area contributed by atoms with Crippen LogP contribution in [0.1, 0.15) is 53.7 Å². The van der Waals surface area contributed by atoms with Crippen molar-refractivity contribution in [1.29, 1.82) is 5.41 Å². The fraction of sp³-hybridized carbons (Fsp3) is 0.357. The van der Waals surface area contributed by atoms with Crippen LogP contribution in [0.3, 0.4) is 0 Å². The van der Waals surface area contributed by atoms with Crippen molar-refractivity contribution in [2.75, 3.05) is 25.4 Å². The van der Waals surface area contributed by atoms with E-state index in [1.165, 1.54) is 0 Å². The molecule has 1 aromatic heterocycles. The number of hydrogen-bond acceptors (Lipinski definition) is 7. The average Bonchev–Trinajstić information content (AvgIpc) is 3.37. The van der Waals surface area contributed by atoms with Crippen molar-refractivity contribution < 1.29 is 14.6 Å². The number of anilines is 1. The van der Waals surface area contributed by atoms with Crippen molar-refractivity contribution in [2.45, 2.75) is 44.9 Å². The molecule has 0 unspecified atom stereocenters. The zero-order chi connectivity index (χ0) is 25.7. The number of thiophene rings is 1. The molecule has 1 fully saturated rings. The van der Waals surface area contributed by atoms with E-state index in [0.717, 1.165) is 37.2 Å². The van der Waals surface area contributed by atoms with Crippen molar-refractivity contribution in [2.24, 2.45) is 0 Å². The number of carbonyl (C=O) groups excluding carboxylic acids is 1. The molecule has 0 atom stereocenters. The molecular weight excluding hydrogens is 472 g/mol. The molecule has 8 heteroatoms. The highest BCUT2D eigenvalue weighted by molar-refractivity contribution is 7.07. The van der Waals surface area contributed by atoms with E-state index in [1.54, 1.807) is 29.5 Å². The second-order valence-corrected chi connectivity index (χ2v) is 10.7. The van der Waals surface area contributed by atoms with Gasteiger partial charge in [-0.25, -0.2) is 0 Å². The fourth-order valence-corrected chi connectivity index (χ4v) is 5.04. The number of nitrogens with zero attached hydrogens (tertiary/aromatic N) is 1. The summed E-state index contributed by atoms with van der Waals surface area (Å²) >= 11 is 1.59. The topological polar surface area (TPSA) is 112 Å². The van der Waals surface area contributed by atoms with Crippen LogP contribution in [0.15, 0.2) is 59.3 Å². The van der Waals surface area contributed by atoms with Crippen LogP contribution in [-0.2, 0) is 6.54 Å². The molecule has 7 nitrogen and oxygen atoms in total. The third kappa shape index (κ3) is 6.94. The normalized spacial score (nSPS) is 15.0. The smallest absolute Gasteiger partial charge is 0.251 e. The van der Waals surface area contributed by atoms with Gasteiger partial charge in [0.25, 0.3) is 5.91 Å². The molecule has 36 heavy (non-hydrogen) atoms. The van der Waals surface area contributed by atoms with Gasteiger partial charge in [0, 0.05) is 48.6 Å². The average molecular weight is 507 g/mol. The zero-order valence-corrected chi connectivity index (χ0v) is 21.6. The number of hydrogen-bond donors (Lipinski definition) is 4. The number of β-amino-alcohol motifs (C(OH)–C–C–N with tert-alkyl or cyclic N) is 1. The molecule has 1 saturated heterocycles. The lowest BCUT2D eigenvalue weighted by Crippen LogP contribution is -2.45. The molecule has 0 aliphatic carbocycles. The number of piperidine rings is 1. The van der Waals surface area contributed by atoms with Gasteiger partial charge in [-0.05, 0) is 91.5 Å². The van der Waals surface area contributed by atoms with Gasteiger partial charge >= 0.3 is 0 Å². The van der Waals surface area contributed by atoms with Crippen LogP contribution >= 0.6 is 11.3 Å². The molecule has 1 aliphatic heterocycles. The molecule has 1 amide bonds. The number of rotatable bonds is 9.